The zero-order valence-corrected chi connectivity index (χ0v) is 17.8. The first-order valence-electron chi connectivity index (χ1n) is 10.5. The lowest BCUT2D eigenvalue weighted by molar-refractivity contribution is -0.114. The van der Waals surface area contributed by atoms with Crippen LogP contribution in [0.1, 0.15) is 22.8 Å². The van der Waals surface area contributed by atoms with Gasteiger partial charge in [0.15, 0.2) is 0 Å². The molecule has 0 saturated carbocycles. The number of rotatable bonds is 7. The maximum Gasteiger partial charge on any atom is 0.253 e. The number of nitrogens with one attached hydrogen (secondary N) is 1. The summed E-state index contributed by atoms with van der Waals surface area (Å²) in [6, 6.07) is 17.6. The van der Waals surface area contributed by atoms with Gasteiger partial charge >= 0.3 is 0 Å². The lowest BCUT2D eigenvalue weighted by atomic mass is 10.1. The zero-order valence-electron chi connectivity index (χ0n) is 17.8. The van der Waals surface area contributed by atoms with Crippen LogP contribution in [0.25, 0.3) is 0 Å². The first-order chi connectivity index (χ1) is 14.5. The van der Waals surface area contributed by atoms with E-state index in [0.29, 0.717) is 30.9 Å². The second-order valence-electron chi connectivity index (χ2n) is 7.87. The molecule has 0 aliphatic carbocycles. The second kappa shape index (κ2) is 10.9. The Kier molecular flexibility index (Phi) is 7.99. The molecular formula is C24H31N3O3. The number of ether oxygens (including phenoxy) is 1. The summed E-state index contributed by atoms with van der Waals surface area (Å²) in [7, 11) is 1.71. The van der Waals surface area contributed by atoms with Crippen LogP contribution >= 0.6 is 0 Å². The van der Waals surface area contributed by atoms with Crippen molar-refractivity contribution in [2.24, 2.45) is 5.92 Å². The highest BCUT2D eigenvalue weighted by molar-refractivity contribution is 5.95. The van der Waals surface area contributed by atoms with Gasteiger partial charge in [-0.15, -0.1) is 0 Å². The largest absolute Gasteiger partial charge is 0.384 e. The standard InChI is InChI=1S/C24H31N3O3/c1-19(28)25-23-10-8-22(9-11-23)24(29)27-15-14-26(16-21(17-27)18-30-2)13-12-20-6-4-3-5-7-20/h3-11,21H,12-18H2,1-2H3,(H,25,28). The predicted molar refractivity (Wildman–Crippen MR) is 119 cm³/mol. The summed E-state index contributed by atoms with van der Waals surface area (Å²) < 4.78 is 5.43. The smallest absolute Gasteiger partial charge is 0.253 e. The molecule has 1 aliphatic rings. The van der Waals surface area contributed by atoms with Gasteiger partial charge < -0.3 is 19.9 Å². The predicted octanol–water partition coefficient (Wildman–Crippen LogP) is 2.91. The summed E-state index contributed by atoms with van der Waals surface area (Å²) >= 11 is 0. The molecule has 1 unspecified atom stereocenters. The van der Waals surface area contributed by atoms with Crippen molar-refractivity contribution in [2.45, 2.75) is 13.3 Å². The van der Waals surface area contributed by atoms with E-state index in [1.165, 1.54) is 12.5 Å². The number of methoxy groups -OCH3 is 1. The van der Waals surface area contributed by atoms with Crippen molar-refractivity contribution in [3.05, 3.63) is 65.7 Å². The van der Waals surface area contributed by atoms with Gasteiger partial charge in [0.2, 0.25) is 5.91 Å². The Labute approximate surface area is 178 Å². The van der Waals surface area contributed by atoms with E-state index in [4.69, 9.17) is 4.74 Å². The van der Waals surface area contributed by atoms with Crippen LogP contribution in [0, 0.1) is 5.92 Å². The summed E-state index contributed by atoms with van der Waals surface area (Å²) in [5.41, 5.74) is 2.66. The molecule has 1 heterocycles. The molecule has 1 fully saturated rings. The summed E-state index contributed by atoms with van der Waals surface area (Å²) in [6.07, 6.45) is 0.999. The first-order valence-corrected chi connectivity index (χ1v) is 10.5. The Hall–Kier alpha value is -2.70. The molecule has 0 radical (unpaired) electrons. The molecule has 2 amide bonds. The normalized spacial score (nSPS) is 17.4. The van der Waals surface area contributed by atoms with Crippen molar-refractivity contribution in [2.75, 3.05) is 51.8 Å². The van der Waals surface area contributed by atoms with Gasteiger partial charge in [-0.1, -0.05) is 30.3 Å². The summed E-state index contributed by atoms with van der Waals surface area (Å²) in [4.78, 5) is 28.7. The fourth-order valence-electron chi connectivity index (χ4n) is 3.92. The molecule has 30 heavy (non-hydrogen) atoms. The van der Waals surface area contributed by atoms with Crippen molar-refractivity contribution < 1.29 is 14.3 Å². The molecule has 1 N–H and O–H groups in total. The molecule has 2 aromatic carbocycles. The van der Waals surface area contributed by atoms with Crippen LogP contribution in [0.15, 0.2) is 54.6 Å². The number of amides is 2. The van der Waals surface area contributed by atoms with Crippen molar-refractivity contribution in [1.29, 1.82) is 0 Å². The van der Waals surface area contributed by atoms with Gasteiger partial charge in [0.1, 0.15) is 0 Å². The Morgan fingerprint density at radius 1 is 1.03 bits per heavy atom. The maximum absolute atomic E-state index is 13.1. The SMILES string of the molecule is COCC1CN(CCc2ccccc2)CCN(C(=O)c2ccc(NC(C)=O)cc2)C1. The molecule has 0 bridgehead atoms. The van der Waals surface area contributed by atoms with Crippen LogP contribution < -0.4 is 5.32 Å². The number of carbonyl (C=O) groups excluding carboxylic acids is 2. The maximum atomic E-state index is 13.1. The lowest BCUT2D eigenvalue weighted by Crippen LogP contribution is -2.37. The van der Waals surface area contributed by atoms with Crippen LogP contribution in [0.3, 0.4) is 0 Å². The monoisotopic (exact) mass is 409 g/mol. The topological polar surface area (TPSA) is 61.9 Å². The highest BCUT2D eigenvalue weighted by Crippen LogP contribution is 2.16. The van der Waals surface area contributed by atoms with Crippen molar-refractivity contribution in [1.82, 2.24) is 9.80 Å². The third-order valence-electron chi connectivity index (χ3n) is 5.38. The molecule has 1 saturated heterocycles. The van der Waals surface area contributed by atoms with Crippen LogP contribution in [0.5, 0.6) is 0 Å². The number of hydrogen-bond acceptors (Lipinski definition) is 4. The third-order valence-corrected chi connectivity index (χ3v) is 5.38. The Morgan fingerprint density at radius 3 is 2.43 bits per heavy atom. The minimum atomic E-state index is -0.125. The van der Waals surface area contributed by atoms with Gasteiger partial charge in [-0.05, 0) is 36.2 Å². The average Bonchev–Trinajstić information content (AvgIpc) is 2.95. The van der Waals surface area contributed by atoms with Crippen LogP contribution in [0.4, 0.5) is 5.69 Å². The minimum Gasteiger partial charge on any atom is -0.384 e. The first kappa shape index (κ1) is 22.0. The summed E-state index contributed by atoms with van der Waals surface area (Å²) in [5, 5.41) is 2.73. The minimum absolute atomic E-state index is 0.0235. The Bertz CT molecular complexity index is 823. The summed E-state index contributed by atoms with van der Waals surface area (Å²) in [5.74, 6) is 0.172. The number of benzene rings is 2. The Balaban J connectivity index is 1.63. The zero-order chi connectivity index (χ0) is 21.3. The van der Waals surface area contributed by atoms with E-state index in [-0.39, 0.29) is 17.7 Å². The van der Waals surface area contributed by atoms with Crippen molar-refractivity contribution in [3.8, 4) is 0 Å². The fraction of sp³-hybridized carbons (Fsp3) is 0.417. The van der Waals surface area contributed by atoms with E-state index in [0.717, 1.165) is 26.1 Å². The highest BCUT2D eigenvalue weighted by atomic mass is 16.5. The molecule has 3 rings (SSSR count). The lowest BCUT2D eigenvalue weighted by Gasteiger charge is -2.24. The van der Waals surface area contributed by atoms with E-state index in [1.54, 1.807) is 31.4 Å². The molecule has 1 aliphatic heterocycles. The van der Waals surface area contributed by atoms with Gasteiger partial charge in [0.05, 0.1) is 6.61 Å². The second-order valence-corrected chi connectivity index (χ2v) is 7.87. The molecule has 6 nitrogen and oxygen atoms in total. The van der Waals surface area contributed by atoms with Gasteiger partial charge in [-0.25, -0.2) is 0 Å². The van der Waals surface area contributed by atoms with E-state index in [2.05, 4.69) is 34.5 Å². The highest BCUT2D eigenvalue weighted by Gasteiger charge is 2.26. The number of nitrogens with zero attached hydrogens (tertiary/aromatic N) is 2. The van der Waals surface area contributed by atoms with Gasteiger partial charge in [-0.2, -0.15) is 0 Å². The number of anilines is 1. The van der Waals surface area contributed by atoms with E-state index < -0.39 is 0 Å². The van der Waals surface area contributed by atoms with E-state index in [9.17, 15) is 9.59 Å². The third kappa shape index (κ3) is 6.40. The van der Waals surface area contributed by atoms with Gasteiger partial charge in [-0.3, -0.25) is 9.59 Å². The molecule has 2 aromatic rings. The van der Waals surface area contributed by atoms with Gasteiger partial charge in [0.25, 0.3) is 5.91 Å². The fourth-order valence-corrected chi connectivity index (χ4v) is 3.92. The van der Waals surface area contributed by atoms with Crippen LogP contribution in [-0.4, -0.2) is 68.1 Å². The van der Waals surface area contributed by atoms with Gasteiger partial charge in [0, 0.05) is 63.9 Å². The molecule has 160 valence electrons. The number of hydrogen-bond donors (Lipinski definition) is 1. The average molecular weight is 410 g/mol. The van der Waals surface area contributed by atoms with E-state index in [1.807, 2.05) is 11.0 Å². The molecule has 0 spiro atoms. The van der Waals surface area contributed by atoms with Crippen molar-refractivity contribution >= 4 is 17.5 Å². The number of carbonyl (C=O) groups is 2. The van der Waals surface area contributed by atoms with E-state index >= 15 is 0 Å². The van der Waals surface area contributed by atoms with Crippen LogP contribution in [-0.2, 0) is 16.0 Å². The molecule has 1 atom stereocenters. The quantitative estimate of drug-likeness (QED) is 0.764. The molecule has 6 heteroatoms. The molecule has 0 aromatic heterocycles. The molecular weight excluding hydrogens is 378 g/mol. The summed E-state index contributed by atoms with van der Waals surface area (Å²) in [6.45, 7) is 6.22. The van der Waals surface area contributed by atoms with Crippen molar-refractivity contribution in [3.63, 3.8) is 0 Å². The van der Waals surface area contributed by atoms with Crippen LogP contribution in [0.2, 0.25) is 0 Å². The Morgan fingerprint density at radius 2 is 1.77 bits per heavy atom.